The van der Waals surface area contributed by atoms with Crippen LogP contribution in [0, 0.1) is 11.3 Å². The van der Waals surface area contributed by atoms with Crippen molar-refractivity contribution in [2.45, 2.75) is 6.18 Å². The quantitative estimate of drug-likeness (QED) is 0.865. The molecule has 0 bridgehead atoms. The Kier molecular flexibility index (Phi) is 3.55. The average Bonchev–Trinajstić information content (AvgIpc) is 2.16. The molecule has 1 amide bonds. The summed E-state index contributed by atoms with van der Waals surface area (Å²) in [5, 5.41) is 10.3. The summed E-state index contributed by atoms with van der Waals surface area (Å²) in [4.78, 5) is 10.7. The first-order chi connectivity index (χ1) is 7.34. The molecule has 0 spiro atoms. The zero-order valence-corrected chi connectivity index (χ0v) is 9.19. The Bertz CT molecular complexity index is 465. The van der Waals surface area contributed by atoms with E-state index in [4.69, 9.17) is 5.26 Å². The minimum Gasteiger partial charge on any atom is -0.317 e. The third-order valence-corrected chi connectivity index (χ3v) is 2.10. The molecule has 0 heterocycles. The number of hydrogen-bond donors (Lipinski definition) is 1. The number of carbonyl (C=O) groups is 1. The molecule has 16 heavy (non-hydrogen) atoms. The normalized spacial score (nSPS) is 10.7. The standard InChI is InChI=1S/C9H4BrF3N2O/c10-6-2-1-5(4-14)7(3-6)15-8(16)9(11,12)13/h1-3H,(H,15,16). The van der Waals surface area contributed by atoms with E-state index in [-0.39, 0.29) is 11.3 Å². The van der Waals surface area contributed by atoms with E-state index in [1.54, 1.807) is 11.4 Å². The second kappa shape index (κ2) is 4.53. The number of alkyl halides is 3. The lowest BCUT2D eigenvalue weighted by Crippen LogP contribution is -2.30. The number of halogens is 4. The van der Waals surface area contributed by atoms with E-state index in [9.17, 15) is 18.0 Å². The molecule has 0 atom stereocenters. The molecule has 1 aromatic rings. The molecular weight excluding hydrogens is 289 g/mol. The van der Waals surface area contributed by atoms with Crippen molar-refractivity contribution >= 4 is 27.5 Å². The van der Waals surface area contributed by atoms with Gasteiger partial charge in [0.25, 0.3) is 0 Å². The van der Waals surface area contributed by atoms with Crippen molar-refractivity contribution in [2.75, 3.05) is 5.32 Å². The Labute approximate surface area is 97.0 Å². The van der Waals surface area contributed by atoms with E-state index in [1.807, 2.05) is 0 Å². The highest BCUT2D eigenvalue weighted by atomic mass is 79.9. The fourth-order valence-corrected chi connectivity index (χ4v) is 1.27. The van der Waals surface area contributed by atoms with Crippen molar-refractivity contribution in [1.82, 2.24) is 0 Å². The maximum Gasteiger partial charge on any atom is 0.471 e. The topological polar surface area (TPSA) is 52.9 Å². The summed E-state index contributed by atoms with van der Waals surface area (Å²) in [5.74, 6) is -2.11. The van der Waals surface area contributed by atoms with Crippen LogP contribution in [0.25, 0.3) is 0 Å². The van der Waals surface area contributed by atoms with E-state index in [0.717, 1.165) is 0 Å². The predicted molar refractivity (Wildman–Crippen MR) is 53.5 cm³/mol. The van der Waals surface area contributed by atoms with Gasteiger partial charge in [0.15, 0.2) is 0 Å². The maximum absolute atomic E-state index is 12.0. The number of rotatable bonds is 1. The van der Waals surface area contributed by atoms with Gasteiger partial charge >= 0.3 is 12.1 Å². The highest BCUT2D eigenvalue weighted by Gasteiger charge is 2.38. The highest BCUT2D eigenvalue weighted by molar-refractivity contribution is 9.10. The third kappa shape index (κ3) is 2.97. The van der Waals surface area contributed by atoms with Crippen LogP contribution in [-0.4, -0.2) is 12.1 Å². The Morgan fingerprint density at radius 1 is 1.44 bits per heavy atom. The summed E-state index contributed by atoms with van der Waals surface area (Å²) in [6.07, 6.45) is -4.98. The Hall–Kier alpha value is -1.55. The fraction of sp³-hybridized carbons (Fsp3) is 0.111. The van der Waals surface area contributed by atoms with Gasteiger partial charge in [0.2, 0.25) is 0 Å². The molecule has 0 aliphatic carbocycles. The molecule has 1 rings (SSSR count). The van der Waals surface area contributed by atoms with E-state index in [1.165, 1.54) is 18.2 Å². The van der Waals surface area contributed by atoms with Crippen molar-refractivity contribution in [1.29, 1.82) is 5.26 Å². The smallest absolute Gasteiger partial charge is 0.317 e. The average molecular weight is 293 g/mol. The molecule has 0 saturated carbocycles. The molecule has 1 N–H and O–H groups in total. The molecule has 0 aliphatic rings. The summed E-state index contributed by atoms with van der Waals surface area (Å²) in [6.45, 7) is 0. The number of carbonyl (C=O) groups excluding carboxylic acids is 1. The van der Waals surface area contributed by atoms with Gasteiger partial charge < -0.3 is 5.32 Å². The largest absolute Gasteiger partial charge is 0.471 e. The van der Waals surface area contributed by atoms with Gasteiger partial charge in [0.05, 0.1) is 11.3 Å². The number of anilines is 1. The Balaban J connectivity index is 3.02. The second-order valence-electron chi connectivity index (χ2n) is 2.75. The summed E-state index contributed by atoms with van der Waals surface area (Å²) in [6, 6.07) is 5.69. The molecule has 0 saturated heterocycles. The van der Waals surface area contributed by atoms with Crippen LogP contribution in [0.2, 0.25) is 0 Å². The lowest BCUT2D eigenvalue weighted by Gasteiger charge is -2.09. The van der Waals surface area contributed by atoms with Crippen LogP contribution >= 0.6 is 15.9 Å². The Morgan fingerprint density at radius 2 is 2.06 bits per heavy atom. The van der Waals surface area contributed by atoms with Gasteiger partial charge in [0, 0.05) is 4.47 Å². The Morgan fingerprint density at radius 3 is 2.56 bits per heavy atom. The third-order valence-electron chi connectivity index (χ3n) is 1.61. The van der Waals surface area contributed by atoms with Crippen LogP contribution in [0.5, 0.6) is 0 Å². The van der Waals surface area contributed by atoms with E-state index < -0.39 is 12.1 Å². The van der Waals surface area contributed by atoms with Crippen LogP contribution in [0.4, 0.5) is 18.9 Å². The molecule has 0 unspecified atom stereocenters. The van der Waals surface area contributed by atoms with Crippen molar-refractivity contribution in [3.8, 4) is 6.07 Å². The number of nitrogens with one attached hydrogen (secondary N) is 1. The van der Waals surface area contributed by atoms with Crippen molar-refractivity contribution in [3.63, 3.8) is 0 Å². The second-order valence-corrected chi connectivity index (χ2v) is 3.67. The van der Waals surface area contributed by atoms with Gasteiger partial charge in [-0.05, 0) is 18.2 Å². The van der Waals surface area contributed by atoms with E-state index in [0.29, 0.717) is 4.47 Å². The molecule has 0 fully saturated rings. The summed E-state index contributed by atoms with van der Waals surface area (Å²) < 4.78 is 36.4. The van der Waals surface area contributed by atoms with Crippen molar-refractivity contribution in [3.05, 3.63) is 28.2 Å². The molecule has 0 aliphatic heterocycles. The minimum atomic E-state index is -4.98. The first kappa shape index (κ1) is 12.5. The number of hydrogen-bond acceptors (Lipinski definition) is 2. The molecule has 0 aromatic heterocycles. The van der Waals surface area contributed by atoms with Gasteiger partial charge in [-0.25, -0.2) is 0 Å². The zero-order valence-electron chi connectivity index (χ0n) is 7.60. The molecule has 1 aromatic carbocycles. The molecule has 84 valence electrons. The lowest BCUT2D eigenvalue weighted by molar-refractivity contribution is -0.167. The van der Waals surface area contributed by atoms with Gasteiger partial charge in [-0.1, -0.05) is 15.9 Å². The highest BCUT2D eigenvalue weighted by Crippen LogP contribution is 2.23. The van der Waals surface area contributed by atoms with E-state index in [2.05, 4.69) is 15.9 Å². The van der Waals surface area contributed by atoms with Crippen LogP contribution < -0.4 is 5.32 Å². The molecular formula is C9H4BrF3N2O. The number of nitrogens with zero attached hydrogens (tertiary/aromatic N) is 1. The SMILES string of the molecule is N#Cc1ccc(Br)cc1NC(=O)C(F)(F)F. The number of nitriles is 1. The number of amides is 1. The van der Waals surface area contributed by atoms with Gasteiger partial charge in [0.1, 0.15) is 6.07 Å². The summed E-state index contributed by atoms with van der Waals surface area (Å²) in [7, 11) is 0. The van der Waals surface area contributed by atoms with E-state index >= 15 is 0 Å². The van der Waals surface area contributed by atoms with Crippen LogP contribution in [0.15, 0.2) is 22.7 Å². The maximum atomic E-state index is 12.0. The zero-order chi connectivity index (χ0) is 12.3. The lowest BCUT2D eigenvalue weighted by atomic mass is 10.2. The molecule has 0 radical (unpaired) electrons. The van der Waals surface area contributed by atoms with Gasteiger partial charge in [-0.2, -0.15) is 18.4 Å². The number of benzene rings is 1. The molecule has 3 nitrogen and oxygen atoms in total. The summed E-state index contributed by atoms with van der Waals surface area (Å²) in [5.41, 5.74) is -0.222. The van der Waals surface area contributed by atoms with Gasteiger partial charge in [-0.3, -0.25) is 4.79 Å². The fourth-order valence-electron chi connectivity index (χ4n) is 0.911. The minimum absolute atomic E-state index is 0.0409. The van der Waals surface area contributed by atoms with Crippen molar-refractivity contribution < 1.29 is 18.0 Å². The van der Waals surface area contributed by atoms with Crippen molar-refractivity contribution in [2.24, 2.45) is 0 Å². The van der Waals surface area contributed by atoms with Crippen LogP contribution in [0.3, 0.4) is 0 Å². The predicted octanol–water partition coefficient (Wildman–Crippen LogP) is 2.82. The first-order valence-electron chi connectivity index (χ1n) is 3.92. The summed E-state index contributed by atoms with van der Waals surface area (Å²) >= 11 is 3.02. The van der Waals surface area contributed by atoms with Crippen LogP contribution in [-0.2, 0) is 4.79 Å². The van der Waals surface area contributed by atoms with Crippen LogP contribution in [0.1, 0.15) is 5.56 Å². The van der Waals surface area contributed by atoms with Gasteiger partial charge in [-0.15, -0.1) is 0 Å². The molecule has 7 heteroatoms. The first-order valence-corrected chi connectivity index (χ1v) is 4.71. The monoisotopic (exact) mass is 292 g/mol.